The topological polar surface area (TPSA) is 46.6 Å². The van der Waals surface area contributed by atoms with Crippen molar-refractivity contribution in [3.63, 3.8) is 0 Å². The van der Waals surface area contributed by atoms with Gasteiger partial charge in [0, 0.05) is 12.1 Å². The number of hydrogen-bond acceptors (Lipinski definition) is 3. The molecule has 3 aromatic carbocycles. The van der Waals surface area contributed by atoms with Crippen molar-refractivity contribution in [2.45, 2.75) is 12.0 Å². The first-order chi connectivity index (χ1) is 13.7. The monoisotopic (exact) mass is 371 g/mol. The highest BCUT2D eigenvalue weighted by Gasteiger charge is 2.37. The molecule has 0 bridgehead atoms. The van der Waals surface area contributed by atoms with Gasteiger partial charge in [-0.25, -0.2) is 4.79 Å². The van der Waals surface area contributed by atoms with Gasteiger partial charge in [0.2, 0.25) is 0 Å². The maximum absolute atomic E-state index is 13.3. The van der Waals surface area contributed by atoms with E-state index in [1.54, 1.807) is 4.90 Å². The van der Waals surface area contributed by atoms with Gasteiger partial charge in [-0.05, 0) is 11.1 Å². The van der Waals surface area contributed by atoms with Crippen LogP contribution in [0.1, 0.15) is 33.4 Å². The highest BCUT2D eigenvalue weighted by Crippen LogP contribution is 2.32. The summed E-state index contributed by atoms with van der Waals surface area (Å²) in [4.78, 5) is 27.5. The van der Waals surface area contributed by atoms with Crippen LogP contribution in [0.5, 0.6) is 0 Å². The summed E-state index contributed by atoms with van der Waals surface area (Å²) in [7, 11) is 0. The number of benzene rings is 3. The van der Waals surface area contributed by atoms with E-state index < -0.39 is 5.92 Å². The lowest BCUT2D eigenvalue weighted by molar-refractivity contribution is 0.0936. The van der Waals surface area contributed by atoms with Crippen molar-refractivity contribution in [1.82, 2.24) is 4.90 Å². The molecule has 4 heteroatoms. The fraction of sp³-hybridized carbons (Fsp3) is 0.167. The van der Waals surface area contributed by atoms with Crippen LogP contribution < -0.4 is 0 Å². The Hall–Kier alpha value is -3.40. The van der Waals surface area contributed by atoms with Crippen LogP contribution in [0.3, 0.4) is 0 Å². The Morgan fingerprint density at radius 2 is 1.46 bits per heavy atom. The smallest absolute Gasteiger partial charge is 0.410 e. The zero-order chi connectivity index (χ0) is 19.3. The molecule has 1 aliphatic heterocycles. The number of carbonyl (C=O) groups is 2. The normalized spacial score (nSPS) is 17.2. The molecule has 1 saturated heterocycles. The molecule has 3 aromatic rings. The molecule has 1 heterocycles. The number of rotatable bonds is 6. The minimum Gasteiger partial charge on any atom is -0.447 e. The molecule has 1 fully saturated rings. The van der Waals surface area contributed by atoms with E-state index in [4.69, 9.17) is 4.74 Å². The zero-order valence-corrected chi connectivity index (χ0v) is 15.4. The number of cyclic esters (lactones) is 1. The SMILES string of the molecule is O=C(c1ccccc1)C(CN1C(=O)OC[C@@H]1c1ccccc1)c1ccccc1. The van der Waals surface area contributed by atoms with Gasteiger partial charge in [0.1, 0.15) is 6.61 Å². The van der Waals surface area contributed by atoms with Crippen LogP contribution in [0.25, 0.3) is 0 Å². The Morgan fingerprint density at radius 3 is 2.11 bits per heavy atom. The van der Waals surface area contributed by atoms with E-state index in [-0.39, 0.29) is 24.5 Å². The molecule has 2 atom stereocenters. The number of carbonyl (C=O) groups excluding carboxylic acids is 2. The van der Waals surface area contributed by atoms with Crippen molar-refractivity contribution in [1.29, 1.82) is 0 Å². The number of hydrogen-bond donors (Lipinski definition) is 0. The largest absolute Gasteiger partial charge is 0.447 e. The van der Waals surface area contributed by atoms with Crippen LogP contribution in [0.15, 0.2) is 91.0 Å². The summed E-state index contributed by atoms with van der Waals surface area (Å²) in [6.07, 6.45) is -0.379. The molecular weight excluding hydrogens is 350 g/mol. The zero-order valence-electron chi connectivity index (χ0n) is 15.4. The van der Waals surface area contributed by atoms with Gasteiger partial charge in [0.15, 0.2) is 5.78 Å². The number of ketones is 1. The van der Waals surface area contributed by atoms with Crippen LogP contribution in [0.2, 0.25) is 0 Å². The van der Waals surface area contributed by atoms with Crippen molar-refractivity contribution in [2.24, 2.45) is 0 Å². The van der Waals surface area contributed by atoms with Crippen LogP contribution in [0.4, 0.5) is 4.79 Å². The van der Waals surface area contributed by atoms with Gasteiger partial charge in [0.25, 0.3) is 0 Å². The quantitative estimate of drug-likeness (QED) is 0.582. The van der Waals surface area contributed by atoms with Gasteiger partial charge in [-0.2, -0.15) is 0 Å². The van der Waals surface area contributed by atoms with Gasteiger partial charge in [0.05, 0.1) is 12.0 Å². The maximum Gasteiger partial charge on any atom is 0.410 e. The van der Waals surface area contributed by atoms with Crippen molar-refractivity contribution in [2.75, 3.05) is 13.2 Å². The fourth-order valence-corrected chi connectivity index (χ4v) is 3.63. The Balaban J connectivity index is 1.67. The molecule has 1 aliphatic rings. The summed E-state index contributed by atoms with van der Waals surface area (Å²) in [6, 6.07) is 28.4. The Labute approximate surface area is 164 Å². The van der Waals surface area contributed by atoms with E-state index in [9.17, 15) is 9.59 Å². The van der Waals surface area contributed by atoms with Crippen LogP contribution in [-0.2, 0) is 4.74 Å². The maximum atomic E-state index is 13.3. The van der Waals surface area contributed by atoms with E-state index in [1.165, 1.54) is 0 Å². The standard InChI is InChI=1S/C24H21NO3/c26-23(20-14-8-3-9-15-20)21(18-10-4-1-5-11-18)16-25-22(17-28-24(25)27)19-12-6-2-7-13-19/h1-15,21-22H,16-17H2/t21?,22-/m1/s1. The predicted molar refractivity (Wildman–Crippen MR) is 107 cm³/mol. The molecule has 0 aromatic heterocycles. The highest BCUT2D eigenvalue weighted by atomic mass is 16.6. The molecule has 0 N–H and O–H groups in total. The molecule has 4 rings (SSSR count). The second-order valence-corrected chi connectivity index (χ2v) is 6.85. The summed E-state index contributed by atoms with van der Waals surface area (Å²) in [6.45, 7) is 0.569. The van der Waals surface area contributed by atoms with E-state index in [0.717, 1.165) is 11.1 Å². The summed E-state index contributed by atoms with van der Waals surface area (Å²) in [5.41, 5.74) is 2.54. The van der Waals surface area contributed by atoms with Crippen molar-refractivity contribution >= 4 is 11.9 Å². The van der Waals surface area contributed by atoms with Crippen molar-refractivity contribution in [3.05, 3.63) is 108 Å². The Morgan fingerprint density at radius 1 is 0.893 bits per heavy atom. The lowest BCUT2D eigenvalue weighted by Gasteiger charge is -2.26. The van der Waals surface area contributed by atoms with Crippen molar-refractivity contribution in [3.8, 4) is 0 Å². The lowest BCUT2D eigenvalue weighted by Crippen LogP contribution is -2.34. The summed E-state index contributed by atoms with van der Waals surface area (Å²) >= 11 is 0. The third-order valence-corrected chi connectivity index (χ3v) is 5.12. The second kappa shape index (κ2) is 8.09. The van der Waals surface area contributed by atoms with Gasteiger partial charge in [-0.15, -0.1) is 0 Å². The van der Waals surface area contributed by atoms with E-state index in [2.05, 4.69) is 0 Å². The Kier molecular flexibility index (Phi) is 5.20. The van der Waals surface area contributed by atoms with Gasteiger partial charge in [-0.1, -0.05) is 91.0 Å². The predicted octanol–water partition coefficient (Wildman–Crippen LogP) is 4.85. The van der Waals surface area contributed by atoms with E-state index in [1.807, 2.05) is 91.0 Å². The van der Waals surface area contributed by atoms with Gasteiger partial charge < -0.3 is 4.74 Å². The molecule has 140 valence electrons. The molecular formula is C24H21NO3. The molecule has 0 spiro atoms. The number of Topliss-reactive ketones (excluding diaryl/α,β-unsaturated/α-hetero) is 1. The average molecular weight is 371 g/mol. The van der Waals surface area contributed by atoms with Crippen LogP contribution in [-0.4, -0.2) is 29.9 Å². The highest BCUT2D eigenvalue weighted by molar-refractivity contribution is 6.01. The van der Waals surface area contributed by atoms with Gasteiger partial charge >= 0.3 is 6.09 Å². The van der Waals surface area contributed by atoms with Crippen LogP contribution in [0, 0.1) is 0 Å². The minimum absolute atomic E-state index is 0.00156. The van der Waals surface area contributed by atoms with Gasteiger partial charge in [-0.3, -0.25) is 9.69 Å². The summed E-state index contributed by atoms with van der Waals surface area (Å²) < 4.78 is 5.33. The Bertz CT molecular complexity index is 941. The third-order valence-electron chi connectivity index (χ3n) is 5.12. The molecule has 1 unspecified atom stereocenters. The van der Waals surface area contributed by atoms with Crippen LogP contribution >= 0.6 is 0 Å². The average Bonchev–Trinajstić information content (AvgIpc) is 3.13. The first-order valence-corrected chi connectivity index (χ1v) is 9.36. The summed E-state index contributed by atoms with van der Waals surface area (Å²) in [5, 5.41) is 0. The molecule has 0 radical (unpaired) electrons. The molecule has 4 nitrogen and oxygen atoms in total. The number of nitrogens with zero attached hydrogens (tertiary/aromatic N) is 1. The molecule has 1 amide bonds. The minimum atomic E-state index is -0.458. The third kappa shape index (κ3) is 3.67. The number of ether oxygens (including phenoxy) is 1. The first-order valence-electron chi connectivity index (χ1n) is 9.36. The molecule has 28 heavy (non-hydrogen) atoms. The fourth-order valence-electron chi connectivity index (χ4n) is 3.63. The molecule has 0 aliphatic carbocycles. The second-order valence-electron chi connectivity index (χ2n) is 6.85. The number of amides is 1. The van der Waals surface area contributed by atoms with E-state index in [0.29, 0.717) is 12.2 Å². The van der Waals surface area contributed by atoms with E-state index >= 15 is 0 Å². The van der Waals surface area contributed by atoms with Crippen molar-refractivity contribution < 1.29 is 14.3 Å². The lowest BCUT2D eigenvalue weighted by atomic mass is 9.89. The molecule has 0 saturated carbocycles. The first kappa shape index (κ1) is 18.0. The summed E-state index contributed by atoms with van der Waals surface area (Å²) in [5.74, 6) is -0.459.